The number of aryl methyl sites for hydroxylation is 1. The Kier molecular flexibility index (Phi) is 4.97. The van der Waals surface area contributed by atoms with E-state index in [9.17, 15) is 13.2 Å². The number of aromatic nitrogens is 2. The van der Waals surface area contributed by atoms with Crippen molar-refractivity contribution in [1.29, 1.82) is 0 Å². The topological polar surface area (TPSA) is 81.1 Å². The van der Waals surface area contributed by atoms with Gasteiger partial charge in [-0.1, -0.05) is 37.6 Å². The molecule has 0 saturated heterocycles. The van der Waals surface area contributed by atoms with Crippen LogP contribution in [-0.2, 0) is 16.4 Å². The number of nitrogens with zero attached hydrogens (tertiary/aromatic N) is 2. The van der Waals surface area contributed by atoms with Crippen molar-refractivity contribution in [2.45, 2.75) is 24.5 Å². The summed E-state index contributed by atoms with van der Waals surface area (Å²) < 4.78 is 28.4. The number of sulfonamides is 1. The van der Waals surface area contributed by atoms with E-state index in [1.54, 1.807) is 31.2 Å². The minimum atomic E-state index is -3.64. The van der Waals surface area contributed by atoms with Gasteiger partial charge in [0.15, 0.2) is 0 Å². The van der Waals surface area contributed by atoms with Crippen molar-refractivity contribution >= 4 is 43.2 Å². The van der Waals surface area contributed by atoms with Crippen molar-refractivity contribution in [2.75, 3.05) is 6.54 Å². The number of para-hydroxylation sites is 1. The van der Waals surface area contributed by atoms with Gasteiger partial charge in [0.2, 0.25) is 10.0 Å². The van der Waals surface area contributed by atoms with Crippen molar-refractivity contribution in [2.24, 2.45) is 0 Å². The molecule has 9 heteroatoms. The zero-order chi connectivity index (χ0) is 18.2. The van der Waals surface area contributed by atoms with Crippen LogP contribution in [0.25, 0.3) is 15.9 Å². The van der Waals surface area contributed by atoms with Crippen LogP contribution in [0.15, 0.2) is 39.3 Å². The molecular formula is C16H16ClN3O3S2. The van der Waals surface area contributed by atoms with Gasteiger partial charge in [-0.15, -0.1) is 11.3 Å². The van der Waals surface area contributed by atoms with Crippen LogP contribution in [0.3, 0.4) is 0 Å². The second kappa shape index (κ2) is 6.87. The average Bonchev–Trinajstić information content (AvgIpc) is 3.01. The van der Waals surface area contributed by atoms with Gasteiger partial charge in [0.1, 0.15) is 14.9 Å². The lowest BCUT2D eigenvalue weighted by Gasteiger charge is -2.12. The van der Waals surface area contributed by atoms with E-state index < -0.39 is 10.0 Å². The number of nitrogens with one attached hydrogen (secondary N) is 1. The predicted octanol–water partition coefficient (Wildman–Crippen LogP) is 2.96. The lowest BCUT2D eigenvalue weighted by Crippen LogP contribution is -2.23. The Balaban J connectivity index is 2.32. The van der Waals surface area contributed by atoms with Crippen LogP contribution >= 0.6 is 22.9 Å². The third kappa shape index (κ3) is 3.22. The van der Waals surface area contributed by atoms with E-state index in [4.69, 9.17) is 11.6 Å². The van der Waals surface area contributed by atoms with Gasteiger partial charge in [-0.25, -0.2) is 18.1 Å². The first-order valence-corrected chi connectivity index (χ1v) is 10.4. The first-order valence-electron chi connectivity index (χ1n) is 7.69. The number of fused-ring (bicyclic) bond motifs is 1. The zero-order valence-electron chi connectivity index (χ0n) is 13.6. The van der Waals surface area contributed by atoms with Crippen LogP contribution in [0.5, 0.6) is 0 Å². The summed E-state index contributed by atoms with van der Waals surface area (Å²) in [6.07, 6.45) is 0.504. The number of halogens is 1. The first-order chi connectivity index (χ1) is 11.9. The Hall–Kier alpha value is -1.74. The average molecular weight is 398 g/mol. The Labute approximate surface area is 154 Å². The van der Waals surface area contributed by atoms with Gasteiger partial charge >= 0.3 is 0 Å². The van der Waals surface area contributed by atoms with Gasteiger partial charge in [-0.3, -0.25) is 9.36 Å². The molecule has 6 nitrogen and oxygen atoms in total. The highest BCUT2D eigenvalue weighted by molar-refractivity contribution is 7.91. The van der Waals surface area contributed by atoms with Gasteiger partial charge in [-0.2, -0.15) is 0 Å². The summed E-state index contributed by atoms with van der Waals surface area (Å²) in [5, 5.41) is 0.690. The number of benzene rings is 1. The molecule has 3 rings (SSSR count). The fourth-order valence-corrected chi connectivity index (χ4v) is 5.16. The molecule has 0 aliphatic rings. The first kappa shape index (κ1) is 18.1. The minimum absolute atomic E-state index is 0.0768. The van der Waals surface area contributed by atoms with E-state index >= 15 is 0 Å². The molecule has 1 N–H and O–H groups in total. The Morgan fingerprint density at radius 3 is 2.64 bits per heavy atom. The monoisotopic (exact) mass is 397 g/mol. The maximum atomic E-state index is 13.0. The van der Waals surface area contributed by atoms with Gasteiger partial charge in [0.25, 0.3) is 5.56 Å². The van der Waals surface area contributed by atoms with Crippen LogP contribution in [0.4, 0.5) is 0 Å². The third-order valence-electron chi connectivity index (χ3n) is 3.62. The lowest BCUT2D eigenvalue weighted by molar-refractivity contribution is 0.586. The maximum absolute atomic E-state index is 13.0. The van der Waals surface area contributed by atoms with Gasteiger partial charge in [0, 0.05) is 13.0 Å². The molecule has 132 valence electrons. The number of hydrogen-bond acceptors (Lipinski definition) is 5. The summed E-state index contributed by atoms with van der Waals surface area (Å²) in [5.41, 5.74) is 0.201. The normalized spacial score (nSPS) is 12.0. The molecule has 0 spiro atoms. The molecule has 0 saturated carbocycles. The van der Waals surface area contributed by atoms with Crippen LogP contribution in [-0.4, -0.2) is 24.5 Å². The second-order valence-corrected chi connectivity index (χ2v) is 8.69. The van der Waals surface area contributed by atoms with Crippen LogP contribution < -0.4 is 10.3 Å². The van der Waals surface area contributed by atoms with Crippen molar-refractivity contribution in [3.63, 3.8) is 0 Å². The SMILES string of the molecule is CCNS(=O)(=O)c1cc2c(=O)n(-c3ccccc3Cl)c(CC)nc2s1. The van der Waals surface area contributed by atoms with Gasteiger partial charge in [-0.05, 0) is 18.2 Å². The molecule has 25 heavy (non-hydrogen) atoms. The Bertz CT molecular complexity index is 1100. The van der Waals surface area contributed by atoms with Crippen LogP contribution in [0.1, 0.15) is 19.7 Å². The molecule has 1 aromatic carbocycles. The van der Waals surface area contributed by atoms with E-state index in [1.165, 1.54) is 10.6 Å². The molecular weight excluding hydrogens is 382 g/mol. The molecule has 0 aliphatic carbocycles. The molecule has 0 amide bonds. The summed E-state index contributed by atoms with van der Waals surface area (Å²) in [4.78, 5) is 17.9. The van der Waals surface area contributed by atoms with Crippen LogP contribution in [0.2, 0.25) is 5.02 Å². The predicted molar refractivity (Wildman–Crippen MR) is 100 cm³/mol. The van der Waals surface area contributed by atoms with Crippen molar-refractivity contribution < 1.29 is 8.42 Å². The van der Waals surface area contributed by atoms with E-state index in [0.29, 0.717) is 27.8 Å². The molecule has 0 fully saturated rings. The fraction of sp³-hybridized carbons (Fsp3) is 0.250. The summed E-state index contributed by atoms with van der Waals surface area (Å²) in [6.45, 7) is 3.85. The third-order valence-corrected chi connectivity index (χ3v) is 6.99. The van der Waals surface area contributed by atoms with E-state index in [-0.39, 0.29) is 21.7 Å². The van der Waals surface area contributed by atoms with Crippen molar-refractivity contribution in [3.05, 3.63) is 51.5 Å². The number of rotatable bonds is 5. The van der Waals surface area contributed by atoms with Gasteiger partial charge < -0.3 is 0 Å². The highest BCUT2D eigenvalue weighted by atomic mass is 35.5. The summed E-state index contributed by atoms with van der Waals surface area (Å²) in [6, 6.07) is 8.37. The molecule has 2 aromatic heterocycles. The summed E-state index contributed by atoms with van der Waals surface area (Å²) in [7, 11) is -3.64. The zero-order valence-corrected chi connectivity index (χ0v) is 16.0. The Morgan fingerprint density at radius 1 is 1.28 bits per heavy atom. The second-order valence-electron chi connectivity index (χ2n) is 5.26. The minimum Gasteiger partial charge on any atom is -0.268 e. The maximum Gasteiger partial charge on any atom is 0.266 e. The molecule has 2 heterocycles. The molecule has 0 atom stereocenters. The summed E-state index contributed by atoms with van der Waals surface area (Å²) in [5.74, 6) is 0.528. The molecule has 0 radical (unpaired) electrons. The number of hydrogen-bond donors (Lipinski definition) is 1. The molecule has 0 aliphatic heterocycles. The standard InChI is InChI=1S/C16H16ClN3O3S2/c1-3-13-19-15-10(9-14(24-15)25(22,23)18-4-2)16(21)20(13)12-8-6-5-7-11(12)17/h5-9,18H,3-4H2,1-2H3. The van der Waals surface area contributed by atoms with Crippen molar-refractivity contribution in [3.8, 4) is 5.69 Å². The Morgan fingerprint density at radius 2 is 2.00 bits per heavy atom. The van der Waals surface area contributed by atoms with Crippen molar-refractivity contribution in [1.82, 2.24) is 14.3 Å². The van der Waals surface area contributed by atoms with Crippen LogP contribution in [0, 0.1) is 0 Å². The quantitative estimate of drug-likeness (QED) is 0.717. The van der Waals surface area contributed by atoms with Gasteiger partial charge in [0.05, 0.1) is 16.1 Å². The molecule has 3 aromatic rings. The highest BCUT2D eigenvalue weighted by Crippen LogP contribution is 2.27. The number of thiophene rings is 1. The highest BCUT2D eigenvalue weighted by Gasteiger charge is 2.21. The summed E-state index contributed by atoms with van der Waals surface area (Å²) >= 11 is 7.23. The largest absolute Gasteiger partial charge is 0.268 e. The van der Waals surface area contributed by atoms with E-state index in [1.807, 2.05) is 6.92 Å². The fourth-order valence-electron chi connectivity index (χ4n) is 2.51. The smallest absolute Gasteiger partial charge is 0.266 e. The molecule has 0 unspecified atom stereocenters. The molecule has 0 bridgehead atoms. The van der Waals surface area contributed by atoms with E-state index in [2.05, 4.69) is 9.71 Å². The lowest BCUT2D eigenvalue weighted by atomic mass is 10.2. The van der Waals surface area contributed by atoms with E-state index in [0.717, 1.165) is 11.3 Å².